The molecule has 1 atom stereocenters. The third kappa shape index (κ3) is 3.19. The van der Waals surface area contributed by atoms with Crippen LogP contribution in [0.3, 0.4) is 0 Å². The van der Waals surface area contributed by atoms with E-state index in [1.165, 1.54) is 0 Å². The maximum atomic E-state index is 13.5. The second kappa shape index (κ2) is 8.57. The highest BCUT2D eigenvalue weighted by atomic mass is 79.9. The van der Waals surface area contributed by atoms with Gasteiger partial charge < -0.3 is 0 Å². The number of imide groups is 2. The standard InChI is InChI=1S/C31H22Br2N2O4/c1-3-4-5-6-12(2)19-26-23-17(30(38)35-31(26)39)11-18(32)22-13-7-9-15-21-16(29(37)34-28(15)36)10-8-14(20(13)21)24(25(22)23)27(19)33/h7-12H,3-6H2,1-2H3,(H,34,36,37)(H,35,38,39). The Balaban J connectivity index is 1.75. The van der Waals surface area contributed by atoms with Gasteiger partial charge in [-0.1, -0.05) is 61.2 Å². The lowest BCUT2D eigenvalue weighted by atomic mass is 9.79. The highest BCUT2D eigenvalue weighted by molar-refractivity contribution is 9.11. The Morgan fingerprint density at radius 2 is 1.31 bits per heavy atom. The quantitative estimate of drug-likeness (QED) is 0.0886. The summed E-state index contributed by atoms with van der Waals surface area (Å²) < 4.78 is 1.51. The van der Waals surface area contributed by atoms with Crippen LogP contribution in [-0.4, -0.2) is 23.6 Å². The van der Waals surface area contributed by atoms with Gasteiger partial charge in [0.05, 0.1) is 5.56 Å². The van der Waals surface area contributed by atoms with Crippen molar-refractivity contribution in [3.05, 3.63) is 67.1 Å². The molecule has 39 heavy (non-hydrogen) atoms. The van der Waals surface area contributed by atoms with Crippen LogP contribution in [0.4, 0.5) is 0 Å². The monoisotopic (exact) mass is 644 g/mol. The van der Waals surface area contributed by atoms with Crippen molar-refractivity contribution in [1.82, 2.24) is 10.6 Å². The number of unbranched alkanes of at least 4 members (excludes halogenated alkanes) is 2. The number of amides is 4. The number of benzene rings is 5. The molecule has 0 saturated carbocycles. The molecule has 6 nitrogen and oxygen atoms in total. The molecule has 0 spiro atoms. The predicted molar refractivity (Wildman–Crippen MR) is 159 cm³/mol. The van der Waals surface area contributed by atoms with Crippen LogP contribution in [0.2, 0.25) is 0 Å². The number of carbonyl (C=O) groups is 4. The lowest BCUT2D eigenvalue weighted by molar-refractivity contribution is 0.0828. The summed E-state index contributed by atoms with van der Waals surface area (Å²) in [7, 11) is 0. The number of halogens is 2. The average molecular weight is 646 g/mol. The second-order valence-electron chi connectivity index (χ2n) is 10.5. The fraction of sp³-hybridized carbons (Fsp3) is 0.226. The van der Waals surface area contributed by atoms with E-state index >= 15 is 0 Å². The molecule has 2 heterocycles. The molecule has 7 rings (SSSR count). The number of fused-ring (bicyclic) bond motifs is 2. The van der Waals surface area contributed by atoms with Crippen LogP contribution in [0.1, 0.15) is 92.4 Å². The molecule has 1 unspecified atom stereocenters. The molecule has 0 bridgehead atoms. The van der Waals surface area contributed by atoms with Crippen LogP contribution in [0.15, 0.2) is 39.3 Å². The molecule has 5 aromatic rings. The zero-order valence-corrected chi connectivity index (χ0v) is 24.4. The van der Waals surface area contributed by atoms with Crippen molar-refractivity contribution < 1.29 is 19.2 Å². The second-order valence-corrected chi connectivity index (χ2v) is 12.2. The van der Waals surface area contributed by atoms with Crippen LogP contribution in [0.5, 0.6) is 0 Å². The van der Waals surface area contributed by atoms with Crippen molar-refractivity contribution in [2.45, 2.75) is 45.4 Å². The van der Waals surface area contributed by atoms with Gasteiger partial charge in [0.15, 0.2) is 0 Å². The minimum Gasteiger partial charge on any atom is -0.288 e. The van der Waals surface area contributed by atoms with Crippen molar-refractivity contribution >= 4 is 98.6 Å². The van der Waals surface area contributed by atoms with Crippen molar-refractivity contribution in [1.29, 1.82) is 0 Å². The lowest BCUT2D eigenvalue weighted by Crippen LogP contribution is -2.36. The first kappa shape index (κ1) is 24.7. The maximum absolute atomic E-state index is 13.5. The van der Waals surface area contributed by atoms with E-state index in [9.17, 15) is 19.2 Å². The van der Waals surface area contributed by atoms with Gasteiger partial charge in [0.2, 0.25) is 0 Å². The minimum absolute atomic E-state index is 0.0502. The predicted octanol–water partition coefficient (Wildman–Crippen LogP) is 7.71. The number of nitrogens with one attached hydrogen (secondary N) is 2. The zero-order chi connectivity index (χ0) is 27.3. The fourth-order valence-corrected chi connectivity index (χ4v) is 8.29. The van der Waals surface area contributed by atoms with E-state index in [-0.39, 0.29) is 11.8 Å². The molecule has 5 aromatic carbocycles. The molecule has 2 N–H and O–H groups in total. The van der Waals surface area contributed by atoms with Crippen LogP contribution < -0.4 is 10.6 Å². The van der Waals surface area contributed by atoms with E-state index in [1.54, 1.807) is 18.2 Å². The molecule has 8 heteroatoms. The molecular formula is C31H22Br2N2O4. The van der Waals surface area contributed by atoms with E-state index in [4.69, 9.17) is 0 Å². The van der Waals surface area contributed by atoms with E-state index in [2.05, 4.69) is 56.3 Å². The van der Waals surface area contributed by atoms with E-state index in [0.717, 1.165) is 68.0 Å². The summed E-state index contributed by atoms with van der Waals surface area (Å²) in [4.78, 5) is 52.3. The highest BCUT2D eigenvalue weighted by Gasteiger charge is 2.35. The van der Waals surface area contributed by atoms with Gasteiger partial charge in [-0.15, -0.1) is 0 Å². The van der Waals surface area contributed by atoms with Crippen LogP contribution in [0.25, 0.3) is 43.1 Å². The molecule has 194 valence electrons. The Hall–Kier alpha value is -3.36. The van der Waals surface area contributed by atoms with Gasteiger partial charge >= 0.3 is 0 Å². The van der Waals surface area contributed by atoms with Gasteiger partial charge in [-0.25, -0.2) is 0 Å². The summed E-state index contributed by atoms with van der Waals surface area (Å²) in [5, 5.41) is 11.4. The van der Waals surface area contributed by atoms with Crippen molar-refractivity contribution in [2.75, 3.05) is 0 Å². The van der Waals surface area contributed by atoms with Crippen LogP contribution in [-0.2, 0) is 0 Å². The van der Waals surface area contributed by atoms with Gasteiger partial charge in [-0.05, 0) is 68.2 Å². The SMILES string of the molecule is CCCCCC(C)c1c2c3c(cc(Br)c4c5ccc6c7c(ccc(c(c1Br)c34)c75)C(=O)NC6=O)C(=O)NC2=O. The normalized spacial score (nSPS) is 15.6. The van der Waals surface area contributed by atoms with Gasteiger partial charge in [0, 0.05) is 52.6 Å². The summed E-state index contributed by atoms with van der Waals surface area (Å²) in [6.45, 7) is 4.29. The van der Waals surface area contributed by atoms with Crippen molar-refractivity contribution in [3.63, 3.8) is 0 Å². The first-order valence-corrected chi connectivity index (χ1v) is 14.7. The van der Waals surface area contributed by atoms with Crippen LogP contribution in [0, 0.1) is 0 Å². The topological polar surface area (TPSA) is 92.3 Å². The molecule has 4 amide bonds. The van der Waals surface area contributed by atoms with Gasteiger partial charge in [-0.3, -0.25) is 29.8 Å². The minimum atomic E-state index is -0.420. The molecular weight excluding hydrogens is 624 g/mol. The van der Waals surface area contributed by atoms with Crippen molar-refractivity contribution in [3.8, 4) is 0 Å². The number of hydrogen-bond acceptors (Lipinski definition) is 4. The number of hydrogen-bond donors (Lipinski definition) is 2. The third-order valence-electron chi connectivity index (χ3n) is 8.35. The summed E-state index contributed by atoms with van der Waals surface area (Å²) >= 11 is 7.65. The first-order valence-electron chi connectivity index (χ1n) is 13.1. The Kier molecular flexibility index (Phi) is 5.42. The smallest absolute Gasteiger partial charge is 0.259 e. The molecule has 2 aliphatic heterocycles. The Morgan fingerprint density at radius 3 is 1.97 bits per heavy atom. The molecule has 0 fully saturated rings. The first-order chi connectivity index (χ1) is 18.7. The van der Waals surface area contributed by atoms with E-state index < -0.39 is 17.7 Å². The van der Waals surface area contributed by atoms with Gasteiger partial charge in [-0.2, -0.15) is 0 Å². The van der Waals surface area contributed by atoms with Gasteiger partial charge in [0.1, 0.15) is 0 Å². The van der Waals surface area contributed by atoms with Gasteiger partial charge in [0.25, 0.3) is 23.6 Å². The van der Waals surface area contributed by atoms with Crippen LogP contribution >= 0.6 is 31.9 Å². The Bertz CT molecular complexity index is 1970. The van der Waals surface area contributed by atoms with E-state index in [0.29, 0.717) is 37.5 Å². The summed E-state index contributed by atoms with van der Waals surface area (Å²) in [5.74, 6) is -1.59. The molecule has 2 aliphatic rings. The zero-order valence-electron chi connectivity index (χ0n) is 21.2. The number of rotatable bonds is 5. The number of carbonyl (C=O) groups excluding carboxylic acids is 4. The molecule has 0 radical (unpaired) electrons. The van der Waals surface area contributed by atoms with E-state index in [1.807, 2.05) is 12.1 Å². The molecule has 0 saturated heterocycles. The maximum Gasteiger partial charge on any atom is 0.259 e. The highest BCUT2D eigenvalue weighted by Crippen LogP contribution is 2.52. The molecule has 0 aromatic heterocycles. The fourth-order valence-electron chi connectivity index (χ4n) is 6.65. The average Bonchev–Trinajstić information content (AvgIpc) is 2.90. The molecule has 0 aliphatic carbocycles. The Morgan fingerprint density at radius 1 is 0.692 bits per heavy atom. The summed E-state index contributed by atoms with van der Waals surface area (Å²) in [5.41, 5.74) is 2.78. The largest absolute Gasteiger partial charge is 0.288 e. The van der Waals surface area contributed by atoms with Crippen molar-refractivity contribution in [2.24, 2.45) is 0 Å². The lowest BCUT2D eigenvalue weighted by Gasteiger charge is -2.28. The summed E-state index contributed by atoms with van der Waals surface area (Å²) in [6, 6.07) is 9.10. The third-order valence-corrected chi connectivity index (χ3v) is 9.80. The Labute approximate surface area is 240 Å². The summed E-state index contributed by atoms with van der Waals surface area (Å²) in [6.07, 6.45) is 4.11.